The number of hydrogen-bond acceptors (Lipinski definition) is 5. The van der Waals surface area contributed by atoms with Crippen LogP contribution in [0.15, 0.2) is 569 Å². The van der Waals surface area contributed by atoms with Crippen molar-refractivity contribution in [3.63, 3.8) is 0 Å². The number of fused-ring (bicyclic) bond motifs is 24. The maximum absolute atomic E-state index is 6.56. The Morgan fingerprint density at radius 1 is 0.178 bits per heavy atom. The quantitative estimate of drug-likeness (QED) is 0.102. The number of benzene rings is 23. The number of para-hydroxylation sites is 12. The first kappa shape index (κ1) is 84.9. The van der Waals surface area contributed by atoms with E-state index in [2.05, 4.69) is 582 Å². The van der Waals surface area contributed by atoms with Crippen molar-refractivity contribution in [2.75, 3.05) is 19.6 Å². The predicted molar refractivity (Wildman–Crippen MR) is 608 cm³/mol. The van der Waals surface area contributed by atoms with Gasteiger partial charge in [0.15, 0.2) is 0 Å². The van der Waals surface area contributed by atoms with Crippen molar-refractivity contribution in [3.8, 4) is 94.7 Å². The van der Waals surface area contributed by atoms with Crippen LogP contribution in [0.3, 0.4) is 0 Å². The fourth-order valence-electron chi connectivity index (χ4n) is 24.5. The van der Waals surface area contributed by atoms with Crippen LogP contribution in [-0.2, 0) is 10.8 Å². The number of furan rings is 1. The molecule has 2 aliphatic carbocycles. The average molecular weight is 1860 g/mol. The summed E-state index contributed by atoms with van der Waals surface area (Å²) in [5.41, 5.74) is 46.6. The molecule has 6 nitrogen and oxygen atoms in total. The van der Waals surface area contributed by atoms with Crippen LogP contribution in [0, 0.1) is 0 Å². The van der Waals surface area contributed by atoms with Gasteiger partial charge in [-0.2, -0.15) is 0 Å². The number of hydrogen-bond donors (Lipinski definition) is 0. The molecule has 0 radical (unpaired) electrons. The van der Waals surface area contributed by atoms with Crippen LogP contribution in [0.1, 0.15) is 44.5 Å². The van der Waals surface area contributed by atoms with Crippen LogP contribution in [0.4, 0.5) is 68.2 Å². The highest BCUT2D eigenvalue weighted by Crippen LogP contribution is 2.68. The molecule has 2 aliphatic heterocycles. The lowest BCUT2D eigenvalue weighted by Gasteiger charge is -2.45. The molecule has 4 aliphatic rings. The van der Waals surface area contributed by atoms with Crippen molar-refractivity contribution < 1.29 is 4.42 Å². The van der Waals surface area contributed by atoms with Crippen molar-refractivity contribution in [1.82, 2.24) is 4.57 Å². The second-order valence-electron chi connectivity index (χ2n) is 38.3. The summed E-state index contributed by atoms with van der Waals surface area (Å²) in [6, 6.07) is 207. The van der Waals surface area contributed by atoms with E-state index in [9.17, 15) is 0 Å². The summed E-state index contributed by atoms with van der Waals surface area (Å²) < 4.78 is 8.96. The van der Waals surface area contributed by atoms with E-state index >= 15 is 0 Å². The summed E-state index contributed by atoms with van der Waals surface area (Å²) >= 11 is 0. The normalized spacial score (nSPS) is 12.9. The second kappa shape index (κ2) is 35.0. The van der Waals surface area contributed by atoms with Crippen molar-refractivity contribution in [2.24, 2.45) is 0 Å². The summed E-state index contributed by atoms with van der Waals surface area (Å²) in [5, 5.41) is 4.74. The van der Waals surface area contributed by atoms with Gasteiger partial charge in [0, 0.05) is 77.8 Å². The third-order valence-electron chi connectivity index (χ3n) is 30.7. The minimum absolute atomic E-state index is 0.603. The van der Waals surface area contributed by atoms with Crippen LogP contribution in [0.25, 0.3) is 138 Å². The summed E-state index contributed by atoms with van der Waals surface area (Å²) in [7, 11) is 0. The maximum Gasteiger partial charge on any atom is 0.143 e. The minimum Gasteiger partial charge on any atom is -0.455 e. The Bertz CT molecular complexity index is 9270. The highest BCUT2D eigenvalue weighted by molar-refractivity contribution is 6.13. The highest BCUT2D eigenvalue weighted by Gasteiger charge is 2.55. The molecule has 0 amide bonds. The van der Waals surface area contributed by atoms with Crippen LogP contribution >= 0.6 is 0 Å². The predicted octanol–water partition coefficient (Wildman–Crippen LogP) is 37.6. The molecule has 0 bridgehead atoms. The molecule has 2 spiro atoms. The lowest BCUT2D eigenvalue weighted by atomic mass is 9.64. The lowest BCUT2D eigenvalue weighted by molar-refractivity contribution is 0.670. The fraction of sp³-hybridized carbons (Fsp3) is 0.0143. The van der Waals surface area contributed by atoms with Crippen LogP contribution in [-0.4, -0.2) is 4.57 Å². The fourth-order valence-corrected chi connectivity index (χ4v) is 24.5. The Morgan fingerprint density at radius 2 is 0.479 bits per heavy atom. The molecule has 29 rings (SSSR count). The third kappa shape index (κ3) is 13.4. The summed E-state index contributed by atoms with van der Waals surface area (Å²) in [6.07, 6.45) is 0. The van der Waals surface area contributed by atoms with E-state index in [1.165, 1.54) is 139 Å². The van der Waals surface area contributed by atoms with Gasteiger partial charge in [-0.25, -0.2) is 0 Å². The molecule has 25 aromatic rings. The van der Waals surface area contributed by atoms with E-state index in [1.807, 2.05) is 6.07 Å². The molecule has 4 heterocycles. The highest BCUT2D eigenvalue weighted by atomic mass is 16.3. The van der Waals surface area contributed by atoms with Gasteiger partial charge in [-0.1, -0.05) is 437 Å². The Morgan fingerprint density at radius 3 is 0.952 bits per heavy atom. The van der Waals surface area contributed by atoms with E-state index in [0.29, 0.717) is 0 Å². The SMILES string of the molecule is c1ccc(-c2ccc(-c3ccccc3N(c3ccc(-c4ccc5c6ccccc6n(-c6ccccc6)c5c4)cc3)c3cccc4c3-c3ccccc3C43c4ccccc4N(c4ccccc4)c4ccccc43)cc2)cc1.c1ccc(-c2ccc(-c3ccccc3N(c3ccc(-c4cccc5c4oc4ccccc45)cc3)c3cccc4c3-c3ccccc3C43c4ccccc4N(c4ccccc4)c4ccccc43)cc2)cc1. The van der Waals surface area contributed by atoms with Crippen LogP contribution < -0.4 is 19.6 Å². The molecule has 0 N–H and O–H groups in total. The summed E-state index contributed by atoms with van der Waals surface area (Å²) in [5.74, 6) is 0. The number of nitrogens with zero attached hydrogens (tertiary/aromatic N) is 5. The van der Waals surface area contributed by atoms with E-state index in [0.717, 1.165) is 112 Å². The van der Waals surface area contributed by atoms with Crippen molar-refractivity contribution in [1.29, 1.82) is 0 Å². The standard InChI is InChI=1S/C73H49N3.C67H44N2O/c1-4-21-50(22-5-1)51-39-41-53(42-40-51)58-27-11-16-34-66(58)74(57-46-43-52(44-47-57)54-45-48-60-59-28-12-17-35-67(59)75(71(60)49-54)55-23-6-2-7-24-55)70-38-20-33-65-72(70)61-29-10-13-30-62(61)73(65)63-31-14-18-36-68(63)76(56-25-8-3-9-26-56)69-37-19-15-32-64(69)73;1-3-19-45(20-4-1)46-37-39-47(40-38-46)51-23-8-13-32-60(51)68(50-43-41-48(42-44-50)52-26-17-27-54-53-24-9-16-36-64(53)70-66(52)54)63-35-18-31-59-65(63)55-25-7-10-28-56(55)67(59)57-29-11-14-33-61(57)69(49-21-5-2-6-22-49)62-34-15-12-30-58(62)67/h1-49H;1-44H. The number of aromatic nitrogens is 1. The smallest absolute Gasteiger partial charge is 0.143 e. The zero-order chi connectivity index (χ0) is 96.3. The van der Waals surface area contributed by atoms with Gasteiger partial charge in [-0.3, -0.25) is 0 Å². The summed E-state index contributed by atoms with van der Waals surface area (Å²) in [4.78, 5) is 9.91. The van der Waals surface area contributed by atoms with Crippen molar-refractivity contribution >= 4 is 112 Å². The Kier molecular flexibility index (Phi) is 20.3. The topological polar surface area (TPSA) is 31.0 Å². The van der Waals surface area contributed by atoms with Crippen LogP contribution in [0.2, 0.25) is 0 Å². The minimum atomic E-state index is -0.608. The molecule has 0 saturated carbocycles. The van der Waals surface area contributed by atoms with Crippen molar-refractivity contribution in [3.05, 3.63) is 609 Å². The van der Waals surface area contributed by atoms with E-state index in [4.69, 9.17) is 4.42 Å². The molecule has 684 valence electrons. The van der Waals surface area contributed by atoms with E-state index in [1.54, 1.807) is 0 Å². The Labute approximate surface area is 848 Å². The molecule has 0 saturated heterocycles. The molecule has 146 heavy (non-hydrogen) atoms. The molecule has 0 fully saturated rings. The molecule has 0 unspecified atom stereocenters. The van der Waals surface area contributed by atoms with Gasteiger partial charge in [0.2, 0.25) is 0 Å². The first-order chi connectivity index (χ1) is 72.5. The molecular formula is C140H93N5O. The second-order valence-corrected chi connectivity index (χ2v) is 38.3. The Balaban J connectivity index is 0.000000142. The lowest BCUT2D eigenvalue weighted by Crippen LogP contribution is -2.36. The van der Waals surface area contributed by atoms with E-state index < -0.39 is 10.8 Å². The molecular weight excluding hydrogens is 1770 g/mol. The van der Waals surface area contributed by atoms with Gasteiger partial charge < -0.3 is 28.6 Å². The summed E-state index contributed by atoms with van der Waals surface area (Å²) in [6.45, 7) is 0. The molecule has 0 atom stereocenters. The van der Waals surface area contributed by atoms with Crippen molar-refractivity contribution in [2.45, 2.75) is 10.8 Å². The maximum atomic E-state index is 6.56. The average Bonchev–Trinajstić information content (AvgIpc) is 1.50. The number of anilines is 12. The van der Waals surface area contributed by atoms with Gasteiger partial charge >= 0.3 is 0 Å². The largest absolute Gasteiger partial charge is 0.455 e. The van der Waals surface area contributed by atoms with Crippen LogP contribution in [0.5, 0.6) is 0 Å². The van der Waals surface area contributed by atoms with E-state index in [-0.39, 0.29) is 0 Å². The molecule has 6 heteroatoms. The Hall–Kier alpha value is -19.1. The third-order valence-corrected chi connectivity index (χ3v) is 30.7. The zero-order valence-corrected chi connectivity index (χ0v) is 79.8. The van der Waals surface area contributed by atoms with Gasteiger partial charge in [0.05, 0.1) is 67.4 Å². The molecule has 23 aromatic carbocycles. The zero-order valence-electron chi connectivity index (χ0n) is 79.8. The van der Waals surface area contributed by atoms with Gasteiger partial charge in [0.25, 0.3) is 0 Å². The van der Waals surface area contributed by atoms with Gasteiger partial charge in [-0.15, -0.1) is 0 Å². The first-order valence-corrected chi connectivity index (χ1v) is 50.3. The van der Waals surface area contributed by atoms with Gasteiger partial charge in [-0.05, 0) is 233 Å². The monoisotopic (exact) mass is 1860 g/mol. The van der Waals surface area contributed by atoms with Gasteiger partial charge in [0.1, 0.15) is 11.2 Å². The first-order valence-electron chi connectivity index (χ1n) is 50.3. The number of rotatable bonds is 15. The molecule has 2 aromatic heterocycles.